The van der Waals surface area contributed by atoms with Crippen molar-refractivity contribution < 1.29 is 9.59 Å². The van der Waals surface area contributed by atoms with Crippen molar-refractivity contribution in [2.45, 2.75) is 50.6 Å². The third kappa shape index (κ3) is 3.48. The molecule has 16 heavy (non-hydrogen) atoms. The van der Waals surface area contributed by atoms with Gasteiger partial charge in [0.2, 0.25) is 11.8 Å². The maximum Gasteiger partial charge on any atom is 0.240 e. The molecule has 92 valence electrons. The molecule has 5 nitrogen and oxygen atoms in total. The number of nitrogens with zero attached hydrogens (tertiary/aromatic N) is 1. The number of amides is 2. The van der Waals surface area contributed by atoms with E-state index in [0.717, 1.165) is 25.7 Å². The first-order valence-corrected chi connectivity index (χ1v) is 5.83. The summed E-state index contributed by atoms with van der Waals surface area (Å²) in [6.07, 6.45) is 5.56. The summed E-state index contributed by atoms with van der Waals surface area (Å²) in [5, 5.41) is 0. The number of carbonyl (C=O) groups excluding carboxylic acids is 2. The van der Waals surface area contributed by atoms with Crippen LogP contribution in [0.1, 0.15) is 38.5 Å². The van der Waals surface area contributed by atoms with Gasteiger partial charge in [-0.25, -0.2) is 0 Å². The van der Waals surface area contributed by atoms with Gasteiger partial charge >= 0.3 is 0 Å². The first-order chi connectivity index (χ1) is 7.52. The number of likely N-dealkylation sites (N-methyl/N-ethyl adjacent to an activating group) is 1. The summed E-state index contributed by atoms with van der Waals surface area (Å²) in [5.74, 6) is -0.705. The van der Waals surface area contributed by atoms with Gasteiger partial charge < -0.3 is 16.4 Å². The molecule has 0 spiro atoms. The maximum atomic E-state index is 11.9. The lowest BCUT2D eigenvalue weighted by atomic mass is 9.94. The number of primary amides is 1. The largest absolute Gasteiger partial charge is 0.370 e. The average Bonchev–Trinajstić information content (AvgIpc) is 2.27. The lowest BCUT2D eigenvalue weighted by Crippen LogP contribution is -2.48. The van der Waals surface area contributed by atoms with Crippen LogP contribution >= 0.6 is 0 Å². The fourth-order valence-corrected chi connectivity index (χ4v) is 2.21. The molecule has 0 saturated heterocycles. The Morgan fingerprint density at radius 1 is 1.31 bits per heavy atom. The highest BCUT2D eigenvalue weighted by atomic mass is 16.2. The Morgan fingerprint density at radius 3 is 2.38 bits per heavy atom. The molecule has 1 aliphatic rings. The molecule has 0 radical (unpaired) electrons. The molecule has 2 amide bonds. The van der Waals surface area contributed by atoms with Gasteiger partial charge in [0, 0.05) is 13.1 Å². The minimum Gasteiger partial charge on any atom is -0.370 e. The standard InChI is InChI=1S/C11H21N3O2/c1-14(8-5-3-2-4-6-8)11(16)9(12)7-10(13)15/h8-9H,2-7,12H2,1H3,(H2,13,15). The fraction of sp³-hybridized carbons (Fsp3) is 0.818. The van der Waals surface area contributed by atoms with E-state index in [4.69, 9.17) is 11.5 Å². The molecule has 5 heteroatoms. The molecule has 1 aliphatic carbocycles. The average molecular weight is 227 g/mol. The molecule has 0 heterocycles. The van der Waals surface area contributed by atoms with Crippen molar-refractivity contribution >= 4 is 11.8 Å². The number of rotatable bonds is 4. The molecule has 1 fully saturated rings. The monoisotopic (exact) mass is 227 g/mol. The summed E-state index contributed by atoms with van der Waals surface area (Å²) in [6.45, 7) is 0. The lowest BCUT2D eigenvalue weighted by molar-refractivity contribution is -0.135. The summed E-state index contributed by atoms with van der Waals surface area (Å²) in [7, 11) is 1.76. The zero-order valence-corrected chi connectivity index (χ0v) is 9.82. The van der Waals surface area contributed by atoms with E-state index >= 15 is 0 Å². The molecule has 0 aromatic carbocycles. The van der Waals surface area contributed by atoms with Crippen molar-refractivity contribution in [3.05, 3.63) is 0 Å². The topological polar surface area (TPSA) is 89.4 Å². The maximum absolute atomic E-state index is 11.9. The van der Waals surface area contributed by atoms with Crippen LogP contribution in [0.3, 0.4) is 0 Å². The van der Waals surface area contributed by atoms with Gasteiger partial charge in [-0.05, 0) is 12.8 Å². The molecule has 1 atom stereocenters. The summed E-state index contributed by atoms with van der Waals surface area (Å²) in [6, 6.07) is -0.510. The van der Waals surface area contributed by atoms with Gasteiger partial charge in [0.15, 0.2) is 0 Å². The normalized spacial score (nSPS) is 19.1. The SMILES string of the molecule is CN(C(=O)C(N)CC(N)=O)C1CCCCC1. The van der Waals surface area contributed by atoms with Crippen molar-refractivity contribution in [1.82, 2.24) is 4.90 Å². The Kier molecular flexibility index (Phi) is 4.73. The summed E-state index contributed by atoms with van der Waals surface area (Å²) < 4.78 is 0. The van der Waals surface area contributed by atoms with Crippen LogP contribution < -0.4 is 11.5 Å². The van der Waals surface area contributed by atoms with E-state index in [9.17, 15) is 9.59 Å². The molecular weight excluding hydrogens is 206 g/mol. The fourth-order valence-electron chi connectivity index (χ4n) is 2.21. The van der Waals surface area contributed by atoms with E-state index < -0.39 is 11.9 Å². The van der Waals surface area contributed by atoms with Crippen LogP contribution in [0.2, 0.25) is 0 Å². The molecule has 0 bridgehead atoms. The lowest BCUT2D eigenvalue weighted by Gasteiger charge is -2.32. The van der Waals surface area contributed by atoms with Crippen LogP contribution in [-0.4, -0.2) is 35.8 Å². The third-order valence-corrected chi connectivity index (χ3v) is 3.21. The Hall–Kier alpha value is -1.10. The van der Waals surface area contributed by atoms with Gasteiger partial charge in [0.25, 0.3) is 0 Å². The first-order valence-electron chi connectivity index (χ1n) is 5.83. The van der Waals surface area contributed by atoms with Gasteiger partial charge in [-0.1, -0.05) is 19.3 Å². The van der Waals surface area contributed by atoms with E-state index in [1.165, 1.54) is 6.42 Å². The highest BCUT2D eigenvalue weighted by molar-refractivity contribution is 5.87. The quantitative estimate of drug-likeness (QED) is 0.707. The summed E-state index contributed by atoms with van der Waals surface area (Å²) in [4.78, 5) is 24.2. The zero-order chi connectivity index (χ0) is 12.1. The molecule has 0 aliphatic heterocycles. The van der Waals surface area contributed by atoms with Crippen molar-refractivity contribution in [3.63, 3.8) is 0 Å². The second-order valence-electron chi connectivity index (χ2n) is 4.52. The Morgan fingerprint density at radius 2 is 1.88 bits per heavy atom. The highest BCUT2D eigenvalue weighted by Crippen LogP contribution is 2.22. The predicted octanol–water partition coefficient (Wildman–Crippen LogP) is -0.0198. The molecular formula is C11H21N3O2. The van der Waals surface area contributed by atoms with Crippen LogP contribution in [0.15, 0.2) is 0 Å². The number of hydrogen-bond donors (Lipinski definition) is 2. The highest BCUT2D eigenvalue weighted by Gasteiger charge is 2.26. The molecule has 1 unspecified atom stereocenters. The van der Waals surface area contributed by atoms with E-state index in [2.05, 4.69) is 0 Å². The van der Waals surface area contributed by atoms with Crippen LogP contribution in [0.4, 0.5) is 0 Å². The minimum absolute atomic E-state index is 0.0735. The van der Waals surface area contributed by atoms with Gasteiger partial charge in [-0.2, -0.15) is 0 Å². The van der Waals surface area contributed by atoms with Gasteiger partial charge in [-0.3, -0.25) is 9.59 Å². The van der Waals surface area contributed by atoms with Crippen LogP contribution in [0.5, 0.6) is 0 Å². The van der Waals surface area contributed by atoms with Crippen molar-refractivity contribution in [3.8, 4) is 0 Å². The second kappa shape index (κ2) is 5.84. The molecule has 4 N–H and O–H groups in total. The molecule has 1 saturated carbocycles. The van der Waals surface area contributed by atoms with Gasteiger partial charge in [0.1, 0.15) is 0 Å². The smallest absolute Gasteiger partial charge is 0.240 e. The van der Waals surface area contributed by atoms with Gasteiger partial charge in [0.05, 0.1) is 12.5 Å². The molecule has 1 rings (SSSR count). The van der Waals surface area contributed by atoms with Crippen molar-refractivity contribution in [2.24, 2.45) is 11.5 Å². The van der Waals surface area contributed by atoms with Crippen LogP contribution in [0.25, 0.3) is 0 Å². The summed E-state index contributed by atoms with van der Waals surface area (Å²) in [5.41, 5.74) is 10.7. The van der Waals surface area contributed by atoms with E-state index in [1.807, 2.05) is 0 Å². The number of carbonyl (C=O) groups is 2. The van der Waals surface area contributed by atoms with E-state index in [0.29, 0.717) is 0 Å². The molecule has 0 aromatic rings. The minimum atomic E-state index is -0.788. The Labute approximate surface area is 96.1 Å². The van der Waals surface area contributed by atoms with Crippen molar-refractivity contribution in [2.75, 3.05) is 7.05 Å². The zero-order valence-electron chi connectivity index (χ0n) is 9.82. The van der Waals surface area contributed by atoms with E-state index in [1.54, 1.807) is 11.9 Å². The summed E-state index contributed by atoms with van der Waals surface area (Å²) >= 11 is 0. The Bertz CT molecular complexity index is 262. The first kappa shape index (κ1) is 13.0. The number of hydrogen-bond acceptors (Lipinski definition) is 3. The second-order valence-corrected chi connectivity index (χ2v) is 4.52. The Balaban J connectivity index is 2.48. The third-order valence-electron chi connectivity index (χ3n) is 3.21. The van der Waals surface area contributed by atoms with Gasteiger partial charge in [-0.15, -0.1) is 0 Å². The van der Waals surface area contributed by atoms with Crippen LogP contribution in [-0.2, 0) is 9.59 Å². The predicted molar refractivity (Wildman–Crippen MR) is 61.4 cm³/mol. The number of nitrogens with two attached hydrogens (primary N) is 2. The van der Waals surface area contributed by atoms with Crippen LogP contribution in [0, 0.1) is 0 Å². The van der Waals surface area contributed by atoms with E-state index in [-0.39, 0.29) is 18.4 Å². The molecule has 0 aromatic heterocycles. The van der Waals surface area contributed by atoms with Crippen molar-refractivity contribution in [1.29, 1.82) is 0 Å².